The van der Waals surface area contributed by atoms with Gasteiger partial charge in [0, 0.05) is 38.4 Å². The van der Waals surface area contributed by atoms with E-state index < -0.39 is 8.07 Å². The molecule has 0 atom stereocenters. The predicted octanol–water partition coefficient (Wildman–Crippen LogP) is 9.70. The summed E-state index contributed by atoms with van der Waals surface area (Å²) in [5.41, 5.74) is 10.0. The Balaban J connectivity index is 1.25. The van der Waals surface area contributed by atoms with Crippen LogP contribution in [0.1, 0.15) is 0 Å². The topological polar surface area (TPSA) is 35.6 Å². The molecule has 12 rings (SSSR count). The van der Waals surface area contributed by atoms with E-state index in [0.717, 1.165) is 38.9 Å². The summed E-state index contributed by atoms with van der Waals surface area (Å²) in [4.78, 5) is 11.6. The van der Waals surface area contributed by atoms with Crippen LogP contribution in [0.3, 0.4) is 0 Å². The van der Waals surface area contributed by atoms with E-state index >= 15 is 0 Å². The first-order chi connectivity index (χ1) is 28.3. The Bertz CT molecular complexity index is 3290. The number of hydrogen-bond acceptors (Lipinski definition) is 2. The van der Waals surface area contributed by atoms with E-state index in [9.17, 15) is 0 Å². The van der Waals surface area contributed by atoms with Crippen LogP contribution in [0.15, 0.2) is 206 Å². The highest BCUT2D eigenvalue weighted by atomic mass is 28.3. The van der Waals surface area contributed by atoms with E-state index in [-0.39, 0.29) is 0 Å². The standard InChI is InChI=1S/C52H34N4Si/c1-5-19-35(20-6-1)50-49-41-29-15-18-32-48(41)57(37-23-9-3-10-24-37,38-25-11-4-12-26-38)51(49)54-52(53-50)56-45-31-17-14-28-40(45)43-33-46-42(34-47(43)56)39-27-13-16-30-44(39)55(46)36-21-7-2-8-22-36/h1-34H. The SMILES string of the molecule is c1ccc(-c2nc(-n3c4ccccc4c4cc5c(cc43)c3ccccc3n5-c3ccccc3)nc3c2-c2ccccc2[Si]3(c2ccccc2)c2ccccc2)cc1. The monoisotopic (exact) mass is 742 g/mol. The summed E-state index contributed by atoms with van der Waals surface area (Å²) < 4.78 is 4.72. The highest BCUT2D eigenvalue weighted by molar-refractivity contribution is 7.21. The summed E-state index contributed by atoms with van der Waals surface area (Å²) in [7, 11) is -2.95. The normalized spacial score (nSPS) is 13.1. The van der Waals surface area contributed by atoms with Crippen molar-refractivity contribution in [3.63, 3.8) is 0 Å². The van der Waals surface area contributed by atoms with Crippen molar-refractivity contribution in [3.8, 4) is 34.0 Å². The molecule has 3 aromatic heterocycles. The Morgan fingerprint density at radius 3 is 1.51 bits per heavy atom. The minimum Gasteiger partial charge on any atom is -0.309 e. The summed E-state index contributed by atoms with van der Waals surface area (Å²) in [6.07, 6.45) is 0. The number of aromatic nitrogens is 4. The van der Waals surface area contributed by atoms with Gasteiger partial charge in [-0.25, -0.2) is 9.97 Å². The van der Waals surface area contributed by atoms with Crippen LogP contribution in [0.2, 0.25) is 0 Å². The van der Waals surface area contributed by atoms with E-state index in [2.05, 4.69) is 215 Å². The second-order valence-corrected chi connectivity index (χ2v) is 18.6. The maximum Gasteiger partial charge on any atom is 0.235 e. The number of benzene rings is 8. The average Bonchev–Trinajstić information content (AvgIpc) is 3.90. The van der Waals surface area contributed by atoms with Crippen LogP contribution in [0, 0.1) is 0 Å². The van der Waals surface area contributed by atoms with Gasteiger partial charge in [-0.15, -0.1) is 0 Å². The Kier molecular flexibility index (Phi) is 6.91. The lowest BCUT2D eigenvalue weighted by atomic mass is 10.0. The quantitative estimate of drug-likeness (QED) is 0.165. The third-order valence-corrected chi connectivity index (χ3v) is 16.7. The average molecular weight is 743 g/mol. The molecular formula is C52H34N4Si. The predicted molar refractivity (Wildman–Crippen MR) is 239 cm³/mol. The molecule has 0 spiro atoms. The zero-order chi connectivity index (χ0) is 37.5. The van der Waals surface area contributed by atoms with Gasteiger partial charge in [-0.2, -0.15) is 0 Å². The minimum atomic E-state index is -2.95. The Labute approximate surface area is 330 Å². The van der Waals surface area contributed by atoms with E-state index in [1.165, 1.54) is 53.7 Å². The van der Waals surface area contributed by atoms with Crippen molar-refractivity contribution < 1.29 is 0 Å². The van der Waals surface area contributed by atoms with E-state index in [1.54, 1.807) is 0 Å². The van der Waals surface area contributed by atoms with Crippen LogP contribution < -0.4 is 20.9 Å². The van der Waals surface area contributed by atoms with Gasteiger partial charge >= 0.3 is 0 Å². The zero-order valence-electron chi connectivity index (χ0n) is 30.9. The summed E-state index contributed by atoms with van der Waals surface area (Å²) in [5, 5.41) is 9.83. The first-order valence-corrected chi connectivity index (χ1v) is 21.5. The first kappa shape index (κ1) is 32.0. The molecule has 0 saturated heterocycles. The Hall–Kier alpha value is -7.34. The largest absolute Gasteiger partial charge is 0.309 e. The third-order valence-electron chi connectivity index (χ3n) is 12.0. The molecule has 1 aliphatic rings. The molecule has 0 bridgehead atoms. The maximum absolute atomic E-state index is 5.91. The molecule has 5 heteroatoms. The second kappa shape index (κ2) is 12.3. The van der Waals surface area contributed by atoms with Gasteiger partial charge in [-0.1, -0.05) is 170 Å². The lowest BCUT2D eigenvalue weighted by Gasteiger charge is -2.30. The molecule has 0 saturated carbocycles. The molecule has 0 unspecified atom stereocenters. The van der Waals surface area contributed by atoms with Crippen molar-refractivity contribution in [2.24, 2.45) is 0 Å². The molecule has 57 heavy (non-hydrogen) atoms. The van der Waals surface area contributed by atoms with Gasteiger partial charge in [0.2, 0.25) is 14.0 Å². The molecule has 4 nitrogen and oxygen atoms in total. The fourth-order valence-corrected chi connectivity index (χ4v) is 14.7. The lowest BCUT2D eigenvalue weighted by Crippen LogP contribution is -2.73. The first-order valence-electron chi connectivity index (χ1n) is 19.5. The van der Waals surface area contributed by atoms with Crippen molar-refractivity contribution >= 4 is 72.6 Å². The Morgan fingerprint density at radius 1 is 0.386 bits per heavy atom. The molecule has 266 valence electrons. The lowest BCUT2D eigenvalue weighted by molar-refractivity contribution is 1.01. The highest BCUT2D eigenvalue weighted by Crippen LogP contribution is 2.41. The van der Waals surface area contributed by atoms with Gasteiger partial charge in [0.15, 0.2) is 0 Å². The number of hydrogen-bond donors (Lipinski definition) is 0. The van der Waals surface area contributed by atoms with Crippen molar-refractivity contribution in [3.05, 3.63) is 206 Å². The van der Waals surface area contributed by atoms with Gasteiger partial charge in [-0.05, 0) is 57.5 Å². The van der Waals surface area contributed by atoms with Gasteiger partial charge in [0.1, 0.15) is 0 Å². The van der Waals surface area contributed by atoms with E-state index in [0.29, 0.717) is 5.95 Å². The van der Waals surface area contributed by atoms with Crippen molar-refractivity contribution in [1.82, 2.24) is 19.1 Å². The van der Waals surface area contributed by atoms with Gasteiger partial charge in [-0.3, -0.25) is 4.57 Å². The van der Waals surface area contributed by atoms with Crippen molar-refractivity contribution in [2.75, 3.05) is 0 Å². The Morgan fingerprint density at radius 2 is 0.877 bits per heavy atom. The third kappa shape index (κ3) is 4.49. The number of nitrogens with zero attached hydrogens (tertiary/aromatic N) is 4. The second-order valence-electron chi connectivity index (χ2n) is 14.9. The van der Waals surface area contributed by atoms with Gasteiger partial charge in [0.05, 0.1) is 33.1 Å². The molecule has 0 fully saturated rings. The van der Waals surface area contributed by atoms with Gasteiger partial charge in [0.25, 0.3) is 0 Å². The molecule has 0 aliphatic carbocycles. The molecular weight excluding hydrogens is 709 g/mol. The summed E-state index contributed by atoms with van der Waals surface area (Å²) in [6, 6.07) is 74.8. The molecule has 1 aliphatic heterocycles. The smallest absolute Gasteiger partial charge is 0.235 e. The van der Waals surface area contributed by atoms with E-state index in [4.69, 9.17) is 9.97 Å². The van der Waals surface area contributed by atoms with Crippen LogP contribution in [0.5, 0.6) is 0 Å². The van der Waals surface area contributed by atoms with E-state index in [1.807, 2.05) is 0 Å². The molecule has 0 radical (unpaired) electrons. The van der Waals surface area contributed by atoms with Crippen molar-refractivity contribution in [1.29, 1.82) is 0 Å². The summed E-state index contributed by atoms with van der Waals surface area (Å²) >= 11 is 0. The fourth-order valence-electron chi connectivity index (χ4n) is 9.66. The number of para-hydroxylation sites is 3. The zero-order valence-corrected chi connectivity index (χ0v) is 31.9. The van der Waals surface area contributed by atoms with Crippen molar-refractivity contribution in [2.45, 2.75) is 0 Å². The molecule has 0 amide bonds. The van der Waals surface area contributed by atoms with Crippen LogP contribution in [-0.4, -0.2) is 27.2 Å². The van der Waals surface area contributed by atoms with Crippen LogP contribution in [0.25, 0.3) is 77.6 Å². The van der Waals surface area contributed by atoms with Crippen LogP contribution in [0.4, 0.5) is 0 Å². The van der Waals surface area contributed by atoms with Gasteiger partial charge < -0.3 is 4.57 Å². The number of rotatable bonds is 5. The van der Waals surface area contributed by atoms with Crippen LogP contribution in [-0.2, 0) is 0 Å². The summed E-state index contributed by atoms with van der Waals surface area (Å²) in [5.74, 6) is 0.682. The highest BCUT2D eigenvalue weighted by Gasteiger charge is 2.51. The summed E-state index contributed by atoms with van der Waals surface area (Å²) in [6.45, 7) is 0. The molecule has 8 aromatic carbocycles. The number of fused-ring (bicyclic) bond motifs is 9. The van der Waals surface area contributed by atoms with Crippen LogP contribution >= 0.6 is 0 Å². The molecule has 11 aromatic rings. The maximum atomic E-state index is 5.91. The minimum absolute atomic E-state index is 0.682. The molecule has 4 heterocycles. The molecule has 0 N–H and O–H groups in total. The fraction of sp³-hybridized carbons (Fsp3) is 0.